The molecule has 188 valence electrons. The molecule has 3 rings (SSSR count). The summed E-state index contributed by atoms with van der Waals surface area (Å²) in [6.07, 6.45) is 3.14. The van der Waals surface area contributed by atoms with Crippen LogP contribution in [-0.4, -0.2) is 61.4 Å². The molecule has 6 atom stereocenters. The summed E-state index contributed by atoms with van der Waals surface area (Å²) in [5, 5.41) is 12.8. The molecule has 34 heavy (non-hydrogen) atoms. The van der Waals surface area contributed by atoms with E-state index < -0.39 is 35.5 Å². The van der Waals surface area contributed by atoms with Gasteiger partial charge in [-0.3, -0.25) is 14.4 Å². The van der Waals surface area contributed by atoms with Crippen molar-refractivity contribution in [3.8, 4) is 0 Å². The van der Waals surface area contributed by atoms with Gasteiger partial charge in [0.25, 0.3) is 0 Å². The maximum absolute atomic E-state index is 13.5. The van der Waals surface area contributed by atoms with Crippen LogP contribution in [0.1, 0.15) is 52.9 Å². The molecular weight excluding hydrogens is 442 g/mol. The van der Waals surface area contributed by atoms with E-state index in [1.54, 1.807) is 13.0 Å². The SMILES string of the molecule is C=C1CC[C@H]2[C@@](C)(CC[C@@H](OC(C)=O)[C@@]2(C)C(=O)NCC(=O)OC)[C@@H]1C/C=C1/C(=O)OC[C@H]1O. The number of rotatable bonds is 6. The van der Waals surface area contributed by atoms with Gasteiger partial charge in [-0.1, -0.05) is 25.2 Å². The molecule has 1 aliphatic heterocycles. The highest BCUT2D eigenvalue weighted by atomic mass is 16.6. The van der Waals surface area contributed by atoms with E-state index in [-0.39, 0.29) is 41.9 Å². The van der Waals surface area contributed by atoms with E-state index >= 15 is 0 Å². The third-order valence-electron chi connectivity index (χ3n) is 8.14. The van der Waals surface area contributed by atoms with Gasteiger partial charge >= 0.3 is 17.9 Å². The van der Waals surface area contributed by atoms with Crippen LogP contribution in [0.25, 0.3) is 0 Å². The fraction of sp³-hybridized carbons (Fsp3) is 0.680. The van der Waals surface area contributed by atoms with Crippen molar-refractivity contribution in [3.05, 3.63) is 23.8 Å². The van der Waals surface area contributed by atoms with Crippen LogP contribution in [0, 0.1) is 22.7 Å². The predicted molar refractivity (Wildman–Crippen MR) is 121 cm³/mol. The van der Waals surface area contributed by atoms with Gasteiger partial charge in [0.05, 0.1) is 18.1 Å². The number of aliphatic hydroxyl groups excluding tert-OH is 1. The van der Waals surface area contributed by atoms with E-state index in [1.165, 1.54) is 14.0 Å². The summed E-state index contributed by atoms with van der Waals surface area (Å²) in [5.41, 5.74) is -0.177. The highest BCUT2D eigenvalue weighted by Gasteiger charge is 2.62. The Labute approximate surface area is 199 Å². The first-order valence-electron chi connectivity index (χ1n) is 11.7. The number of esters is 3. The van der Waals surface area contributed by atoms with Crippen molar-refractivity contribution in [1.82, 2.24) is 5.32 Å². The maximum atomic E-state index is 13.5. The molecule has 0 bridgehead atoms. The van der Waals surface area contributed by atoms with Gasteiger partial charge in [-0.05, 0) is 56.3 Å². The summed E-state index contributed by atoms with van der Waals surface area (Å²) in [7, 11) is 1.25. The number of cyclic esters (lactones) is 1. The second kappa shape index (κ2) is 9.90. The van der Waals surface area contributed by atoms with Crippen molar-refractivity contribution in [2.75, 3.05) is 20.3 Å². The summed E-state index contributed by atoms with van der Waals surface area (Å²) in [6.45, 7) is 9.22. The van der Waals surface area contributed by atoms with E-state index in [4.69, 9.17) is 9.47 Å². The Balaban J connectivity index is 1.95. The van der Waals surface area contributed by atoms with Crippen molar-refractivity contribution in [3.63, 3.8) is 0 Å². The Morgan fingerprint density at radius 3 is 2.59 bits per heavy atom. The Kier molecular flexibility index (Phi) is 7.55. The lowest BCUT2D eigenvalue weighted by atomic mass is 9.45. The number of carbonyl (C=O) groups excluding carboxylic acids is 4. The van der Waals surface area contributed by atoms with Crippen LogP contribution in [0.2, 0.25) is 0 Å². The highest BCUT2D eigenvalue weighted by Crippen LogP contribution is 2.62. The molecule has 2 saturated carbocycles. The lowest BCUT2D eigenvalue weighted by molar-refractivity contribution is -0.184. The van der Waals surface area contributed by atoms with Crippen molar-refractivity contribution >= 4 is 23.8 Å². The minimum atomic E-state index is -1.08. The molecule has 2 N–H and O–H groups in total. The van der Waals surface area contributed by atoms with Gasteiger partial charge in [-0.25, -0.2) is 4.79 Å². The van der Waals surface area contributed by atoms with Crippen molar-refractivity contribution in [1.29, 1.82) is 0 Å². The number of methoxy groups -OCH3 is 1. The molecule has 0 spiro atoms. The molecule has 3 aliphatic rings. The molecule has 1 saturated heterocycles. The zero-order valence-electron chi connectivity index (χ0n) is 20.3. The van der Waals surface area contributed by atoms with Gasteiger partial charge in [0.15, 0.2) is 0 Å². The number of hydrogen-bond acceptors (Lipinski definition) is 8. The molecule has 0 radical (unpaired) electrons. The maximum Gasteiger partial charge on any atom is 0.336 e. The highest BCUT2D eigenvalue weighted by molar-refractivity contribution is 5.91. The van der Waals surface area contributed by atoms with Gasteiger partial charge in [-0.15, -0.1) is 0 Å². The molecule has 2 aliphatic carbocycles. The zero-order valence-corrected chi connectivity index (χ0v) is 20.3. The van der Waals surface area contributed by atoms with Crippen molar-refractivity contribution < 1.29 is 38.5 Å². The van der Waals surface area contributed by atoms with E-state index in [1.807, 2.05) is 0 Å². The van der Waals surface area contributed by atoms with Crippen LogP contribution < -0.4 is 5.32 Å². The number of nitrogens with one attached hydrogen (secondary N) is 1. The topological polar surface area (TPSA) is 128 Å². The molecule has 9 nitrogen and oxygen atoms in total. The lowest BCUT2D eigenvalue weighted by Crippen LogP contribution is -2.62. The fourth-order valence-electron chi connectivity index (χ4n) is 6.31. The van der Waals surface area contributed by atoms with Crippen molar-refractivity contribution in [2.45, 2.75) is 65.1 Å². The smallest absolute Gasteiger partial charge is 0.336 e. The number of allylic oxidation sites excluding steroid dienone is 2. The van der Waals surface area contributed by atoms with E-state index in [9.17, 15) is 24.3 Å². The minimum absolute atomic E-state index is 0.0430. The summed E-state index contributed by atoms with van der Waals surface area (Å²) in [6, 6.07) is 0. The normalized spacial score (nSPS) is 36.4. The first-order valence-corrected chi connectivity index (χ1v) is 11.7. The number of fused-ring (bicyclic) bond motifs is 1. The van der Waals surface area contributed by atoms with Crippen LogP contribution in [0.3, 0.4) is 0 Å². The average Bonchev–Trinajstić information content (AvgIpc) is 3.10. The third kappa shape index (κ3) is 4.62. The predicted octanol–water partition coefficient (Wildman–Crippen LogP) is 1.83. The summed E-state index contributed by atoms with van der Waals surface area (Å²) in [5.74, 6) is -2.13. The molecule has 0 unspecified atom stereocenters. The molecule has 9 heteroatoms. The van der Waals surface area contributed by atoms with Gasteiger partial charge in [0, 0.05) is 6.92 Å². The van der Waals surface area contributed by atoms with Gasteiger partial charge < -0.3 is 24.6 Å². The number of aliphatic hydroxyl groups is 1. The summed E-state index contributed by atoms with van der Waals surface area (Å²) in [4.78, 5) is 49.1. The average molecular weight is 478 g/mol. The quantitative estimate of drug-likeness (QED) is 0.257. The number of carbonyl (C=O) groups is 4. The second-order valence-electron chi connectivity index (χ2n) is 10.00. The number of amides is 1. The van der Waals surface area contributed by atoms with Crippen LogP contribution in [0.4, 0.5) is 0 Å². The monoisotopic (exact) mass is 477 g/mol. The standard InChI is InChI=1S/C25H35NO8/c1-14-6-9-19-24(3,17(14)8-7-16-18(28)13-33-22(16)30)11-10-20(34-15(2)27)25(19,4)23(31)26-12-21(29)32-5/h7,17-20,28H,1,6,8-13H2,2-5H3,(H,26,31)/b16-7+/t17-,18-,19+,20-,24+,25+/m1/s1. The van der Waals surface area contributed by atoms with Crippen LogP contribution in [-0.2, 0) is 33.4 Å². The van der Waals surface area contributed by atoms with Crippen LogP contribution in [0.5, 0.6) is 0 Å². The molecule has 0 aromatic rings. The lowest BCUT2D eigenvalue weighted by Gasteiger charge is -2.59. The van der Waals surface area contributed by atoms with Crippen LogP contribution in [0.15, 0.2) is 23.8 Å². The first kappa shape index (κ1) is 25.9. The first-order chi connectivity index (χ1) is 15.9. The summed E-state index contributed by atoms with van der Waals surface area (Å²) >= 11 is 0. The van der Waals surface area contributed by atoms with Crippen molar-refractivity contribution in [2.24, 2.45) is 22.7 Å². The van der Waals surface area contributed by atoms with E-state index in [2.05, 4.69) is 23.6 Å². The Hall–Kier alpha value is -2.68. The zero-order chi connectivity index (χ0) is 25.3. The fourth-order valence-corrected chi connectivity index (χ4v) is 6.31. The molecule has 0 aromatic carbocycles. The molecule has 3 fully saturated rings. The molecule has 1 heterocycles. The Morgan fingerprint density at radius 1 is 1.29 bits per heavy atom. The van der Waals surface area contributed by atoms with Gasteiger partial charge in [-0.2, -0.15) is 0 Å². The molecule has 0 aromatic heterocycles. The second-order valence-corrected chi connectivity index (χ2v) is 10.00. The van der Waals surface area contributed by atoms with Gasteiger partial charge in [0.2, 0.25) is 5.91 Å². The Bertz CT molecular complexity index is 911. The van der Waals surface area contributed by atoms with Crippen LogP contribution >= 0.6 is 0 Å². The molecular formula is C25H35NO8. The summed E-state index contributed by atoms with van der Waals surface area (Å²) < 4.78 is 15.2. The van der Waals surface area contributed by atoms with E-state index in [0.717, 1.165) is 5.57 Å². The van der Waals surface area contributed by atoms with E-state index in [0.29, 0.717) is 32.1 Å². The van der Waals surface area contributed by atoms with Gasteiger partial charge in [0.1, 0.15) is 25.4 Å². The minimum Gasteiger partial charge on any atom is -0.468 e. The third-order valence-corrected chi connectivity index (χ3v) is 8.14. The number of hydrogen-bond donors (Lipinski definition) is 2. The Morgan fingerprint density at radius 2 is 2.00 bits per heavy atom. The largest absolute Gasteiger partial charge is 0.468 e. The molecule has 1 amide bonds. The number of ether oxygens (including phenoxy) is 3.